The van der Waals surface area contributed by atoms with Crippen molar-refractivity contribution in [3.05, 3.63) is 29.6 Å². The maximum absolute atomic E-state index is 13.9. The van der Waals surface area contributed by atoms with Crippen LogP contribution in [0.25, 0.3) is 0 Å². The van der Waals surface area contributed by atoms with Gasteiger partial charge in [0, 0.05) is 18.3 Å². The molecule has 0 spiro atoms. The van der Waals surface area contributed by atoms with Crippen LogP contribution in [-0.2, 0) is 4.74 Å². The van der Waals surface area contributed by atoms with E-state index in [2.05, 4.69) is 11.8 Å². The van der Waals surface area contributed by atoms with Crippen molar-refractivity contribution in [2.45, 2.75) is 32.7 Å². The second-order valence-corrected chi connectivity index (χ2v) is 4.98. The molecule has 1 heterocycles. The molecule has 2 rings (SSSR count). The van der Waals surface area contributed by atoms with Crippen molar-refractivity contribution < 1.29 is 9.13 Å². The van der Waals surface area contributed by atoms with Gasteiger partial charge in [-0.05, 0) is 30.5 Å². The monoisotopic (exact) mass is 237 g/mol. The first kappa shape index (κ1) is 12.4. The van der Waals surface area contributed by atoms with Crippen molar-refractivity contribution in [3.8, 4) is 0 Å². The lowest BCUT2D eigenvalue weighted by atomic mass is 10.0. The van der Waals surface area contributed by atoms with E-state index in [0.717, 1.165) is 24.4 Å². The lowest BCUT2D eigenvalue weighted by Gasteiger charge is -2.35. The number of halogens is 1. The van der Waals surface area contributed by atoms with Gasteiger partial charge in [0.1, 0.15) is 5.82 Å². The van der Waals surface area contributed by atoms with Crippen LogP contribution in [0.4, 0.5) is 10.1 Å². The largest absolute Gasteiger partial charge is 0.377 e. The third kappa shape index (κ3) is 2.60. The molecule has 0 radical (unpaired) electrons. The molecule has 1 aromatic rings. The predicted octanol–water partition coefficient (Wildman–Crippen LogP) is 3.17. The van der Waals surface area contributed by atoms with Gasteiger partial charge in [-0.3, -0.25) is 0 Å². The normalized spacial score (nSPS) is 21.0. The molecule has 0 saturated carbocycles. The summed E-state index contributed by atoms with van der Waals surface area (Å²) in [5, 5.41) is 0. The molecular weight excluding hydrogens is 217 g/mol. The van der Waals surface area contributed by atoms with Crippen molar-refractivity contribution in [1.29, 1.82) is 0 Å². The van der Waals surface area contributed by atoms with E-state index in [4.69, 9.17) is 4.74 Å². The molecule has 1 aliphatic rings. The third-order valence-corrected chi connectivity index (χ3v) is 3.31. The molecule has 0 aromatic heterocycles. The SMILES string of the molecule is CC(C)c1ccc(N2CCOC[C@@H]2C)cc1F. The number of morpholine rings is 1. The summed E-state index contributed by atoms with van der Waals surface area (Å²) in [6, 6.07) is 5.88. The van der Waals surface area contributed by atoms with Crippen molar-refractivity contribution in [2.75, 3.05) is 24.7 Å². The van der Waals surface area contributed by atoms with Gasteiger partial charge in [-0.15, -0.1) is 0 Å². The van der Waals surface area contributed by atoms with E-state index in [9.17, 15) is 4.39 Å². The van der Waals surface area contributed by atoms with Gasteiger partial charge < -0.3 is 9.64 Å². The van der Waals surface area contributed by atoms with Gasteiger partial charge in [0.05, 0.1) is 13.2 Å². The average Bonchev–Trinajstić information content (AvgIpc) is 2.29. The summed E-state index contributed by atoms with van der Waals surface area (Å²) < 4.78 is 19.3. The molecule has 1 aliphatic heterocycles. The predicted molar refractivity (Wildman–Crippen MR) is 68.1 cm³/mol. The molecular formula is C14H20FNO. The Morgan fingerprint density at radius 1 is 1.41 bits per heavy atom. The number of rotatable bonds is 2. The quantitative estimate of drug-likeness (QED) is 0.783. The average molecular weight is 237 g/mol. The Balaban J connectivity index is 2.24. The lowest BCUT2D eigenvalue weighted by molar-refractivity contribution is 0.0989. The second-order valence-electron chi connectivity index (χ2n) is 4.98. The van der Waals surface area contributed by atoms with E-state index < -0.39 is 0 Å². The van der Waals surface area contributed by atoms with Crippen LogP contribution in [0.1, 0.15) is 32.3 Å². The lowest BCUT2D eigenvalue weighted by Crippen LogP contribution is -2.43. The smallest absolute Gasteiger partial charge is 0.128 e. The topological polar surface area (TPSA) is 12.5 Å². The van der Waals surface area contributed by atoms with Gasteiger partial charge in [-0.2, -0.15) is 0 Å². The molecule has 0 aliphatic carbocycles. The van der Waals surface area contributed by atoms with Gasteiger partial charge in [-0.25, -0.2) is 4.39 Å². The number of hydrogen-bond acceptors (Lipinski definition) is 2. The summed E-state index contributed by atoms with van der Waals surface area (Å²) >= 11 is 0. The third-order valence-electron chi connectivity index (χ3n) is 3.31. The fourth-order valence-corrected chi connectivity index (χ4v) is 2.27. The van der Waals surface area contributed by atoms with Gasteiger partial charge in [0.15, 0.2) is 0 Å². The Morgan fingerprint density at radius 2 is 2.18 bits per heavy atom. The first-order chi connectivity index (χ1) is 8.09. The zero-order valence-corrected chi connectivity index (χ0v) is 10.7. The van der Waals surface area contributed by atoms with Gasteiger partial charge in [0.2, 0.25) is 0 Å². The number of anilines is 1. The summed E-state index contributed by atoms with van der Waals surface area (Å²) in [5.74, 6) is 0.127. The molecule has 1 aromatic carbocycles. The number of ether oxygens (including phenoxy) is 1. The van der Waals surface area contributed by atoms with Crippen LogP contribution in [0.2, 0.25) is 0 Å². The molecule has 0 bridgehead atoms. The maximum Gasteiger partial charge on any atom is 0.128 e. The minimum Gasteiger partial charge on any atom is -0.377 e. The Bertz CT molecular complexity index is 392. The highest BCUT2D eigenvalue weighted by Gasteiger charge is 2.20. The van der Waals surface area contributed by atoms with Crippen LogP contribution < -0.4 is 4.90 Å². The Morgan fingerprint density at radius 3 is 2.76 bits per heavy atom. The molecule has 94 valence electrons. The summed E-state index contributed by atoms with van der Waals surface area (Å²) in [6.07, 6.45) is 0. The highest BCUT2D eigenvalue weighted by Crippen LogP contribution is 2.25. The number of nitrogens with zero attached hydrogens (tertiary/aromatic N) is 1. The van der Waals surface area contributed by atoms with Crippen LogP contribution >= 0.6 is 0 Å². The highest BCUT2D eigenvalue weighted by molar-refractivity contribution is 5.49. The molecule has 17 heavy (non-hydrogen) atoms. The van der Waals surface area contributed by atoms with E-state index in [1.54, 1.807) is 6.07 Å². The Hall–Kier alpha value is -1.09. The Kier molecular flexibility index (Phi) is 3.67. The number of hydrogen-bond donors (Lipinski definition) is 0. The maximum atomic E-state index is 13.9. The Labute approximate surface area is 102 Å². The van der Waals surface area contributed by atoms with E-state index >= 15 is 0 Å². The molecule has 2 nitrogen and oxygen atoms in total. The van der Waals surface area contributed by atoms with Gasteiger partial charge in [0.25, 0.3) is 0 Å². The summed E-state index contributed by atoms with van der Waals surface area (Å²) in [6.45, 7) is 8.39. The molecule has 1 saturated heterocycles. The van der Waals surface area contributed by atoms with E-state index in [1.807, 2.05) is 26.0 Å². The molecule has 0 unspecified atom stereocenters. The first-order valence-electron chi connectivity index (χ1n) is 6.23. The van der Waals surface area contributed by atoms with Crippen LogP contribution in [0.3, 0.4) is 0 Å². The molecule has 1 fully saturated rings. The fraction of sp³-hybridized carbons (Fsp3) is 0.571. The van der Waals surface area contributed by atoms with Crippen molar-refractivity contribution >= 4 is 5.69 Å². The number of benzene rings is 1. The summed E-state index contributed by atoms with van der Waals surface area (Å²) in [5.41, 5.74) is 1.75. The molecule has 1 atom stereocenters. The van der Waals surface area contributed by atoms with Crippen molar-refractivity contribution in [1.82, 2.24) is 0 Å². The van der Waals surface area contributed by atoms with Crippen LogP contribution in [-0.4, -0.2) is 25.8 Å². The van der Waals surface area contributed by atoms with E-state index in [-0.39, 0.29) is 11.7 Å². The van der Waals surface area contributed by atoms with Gasteiger partial charge >= 0.3 is 0 Å². The zero-order valence-electron chi connectivity index (χ0n) is 10.7. The van der Waals surface area contributed by atoms with Crippen LogP contribution in [0.5, 0.6) is 0 Å². The second kappa shape index (κ2) is 5.05. The highest BCUT2D eigenvalue weighted by atomic mass is 19.1. The van der Waals surface area contributed by atoms with Crippen LogP contribution in [0, 0.1) is 5.82 Å². The van der Waals surface area contributed by atoms with Crippen molar-refractivity contribution in [3.63, 3.8) is 0 Å². The van der Waals surface area contributed by atoms with E-state index in [1.165, 1.54) is 0 Å². The zero-order chi connectivity index (χ0) is 12.4. The van der Waals surface area contributed by atoms with Crippen LogP contribution in [0.15, 0.2) is 18.2 Å². The summed E-state index contributed by atoms with van der Waals surface area (Å²) in [7, 11) is 0. The minimum absolute atomic E-state index is 0.101. The standard InChI is InChI=1S/C14H20FNO/c1-10(2)13-5-4-12(8-14(13)15)16-6-7-17-9-11(16)3/h4-5,8,10-11H,6-7,9H2,1-3H3/t11-/m0/s1. The molecule has 0 N–H and O–H groups in total. The fourth-order valence-electron chi connectivity index (χ4n) is 2.27. The summed E-state index contributed by atoms with van der Waals surface area (Å²) in [4.78, 5) is 2.21. The molecule has 0 amide bonds. The minimum atomic E-state index is -0.101. The molecule has 3 heteroatoms. The van der Waals surface area contributed by atoms with E-state index in [0.29, 0.717) is 12.6 Å². The first-order valence-corrected chi connectivity index (χ1v) is 6.23. The van der Waals surface area contributed by atoms with Gasteiger partial charge in [-0.1, -0.05) is 19.9 Å². The van der Waals surface area contributed by atoms with Crippen molar-refractivity contribution in [2.24, 2.45) is 0 Å².